The molecule has 8 heteroatoms. The Hall–Kier alpha value is -1.41. The van der Waals surface area contributed by atoms with Crippen molar-refractivity contribution in [2.75, 3.05) is 0 Å². The van der Waals surface area contributed by atoms with E-state index >= 15 is 0 Å². The number of carbonyl (C=O) groups excluding carboxylic acids is 2. The van der Waals surface area contributed by atoms with E-state index < -0.39 is 24.1 Å². The molecule has 3 nitrogen and oxygen atoms in total. The predicted octanol–water partition coefficient (Wildman–Crippen LogP) is 3.54. The molecule has 0 aromatic heterocycles. The van der Waals surface area contributed by atoms with E-state index in [2.05, 4.69) is 0 Å². The minimum Gasteiger partial charge on any atom is -0.295 e. The number of halogens is 3. The molecule has 2 amide bonds. The number of benzene rings is 1. The average Bonchev–Trinajstić information content (AvgIpc) is 2.37. The zero-order valence-electron chi connectivity index (χ0n) is 10.0. The van der Waals surface area contributed by atoms with Crippen molar-refractivity contribution in [3.8, 4) is 0 Å². The number of hydrogen-bond acceptors (Lipinski definition) is 4. The Balaban J connectivity index is 2.69. The molecule has 0 aliphatic heterocycles. The third kappa shape index (κ3) is 6.67. The smallest absolute Gasteiger partial charge is 0.295 e. The summed E-state index contributed by atoms with van der Waals surface area (Å²) < 4.78 is 37.0. The van der Waals surface area contributed by atoms with E-state index in [4.69, 9.17) is 0 Å². The molecule has 0 unspecified atom stereocenters. The molecule has 1 aromatic rings. The number of hydrogen-bond donors (Lipinski definition) is 1. The van der Waals surface area contributed by atoms with E-state index in [-0.39, 0.29) is 6.41 Å². The SMILES string of the molecule is O=CNC(=O)/C(=C/SSc1ccccc1)CC(F)(F)F. The molecule has 0 saturated carbocycles. The zero-order valence-corrected chi connectivity index (χ0v) is 11.6. The summed E-state index contributed by atoms with van der Waals surface area (Å²) in [6, 6.07) is 8.99. The summed E-state index contributed by atoms with van der Waals surface area (Å²) in [5.74, 6) is -1.04. The van der Waals surface area contributed by atoms with Crippen LogP contribution in [-0.2, 0) is 9.59 Å². The highest BCUT2D eigenvalue weighted by Gasteiger charge is 2.31. The van der Waals surface area contributed by atoms with Crippen LogP contribution in [0.3, 0.4) is 0 Å². The molecular weight excluding hydrogens is 311 g/mol. The molecule has 0 bridgehead atoms. The van der Waals surface area contributed by atoms with E-state index in [0.717, 1.165) is 21.1 Å². The van der Waals surface area contributed by atoms with Gasteiger partial charge in [0.05, 0.1) is 6.42 Å². The second-order valence-electron chi connectivity index (χ2n) is 3.52. The lowest BCUT2D eigenvalue weighted by atomic mass is 10.2. The van der Waals surface area contributed by atoms with Crippen molar-refractivity contribution in [3.63, 3.8) is 0 Å². The van der Waals surface area contributed by atoms with Gasteiger partial charge in [0.1, 0.15) is 0 Å². The highest BCUT2D eigenvalue weighted by atomic mass is 33.1. The first kappa shape index (κ1) is 16.6. The minimum atomic E-state index is -4.51. The molecule has 1 rings (SSSR count). The summed E-state index contributed by atoms with van der Waals surface area (Å²) in [4.78, 5) is 22.3. The van der Waals surface area contributed by atoms with Gasteiger partial charge in [-0.2, -0.15) is 13.2 Å². The maximum atomic E-state index is 12.3. The minimum absolute atomic E-state index is 0.0571. The number of nitrogens with one attached hydrogen (secondary N) is 1. The van der Waals surface area contributed by atoms with Gasteiger partial charge in [0.15, 0.2) is 0 Å². The Kier molecular flexibility index (Phi) is 6.66. The zero-order chi connectivity index (χ0) is 15.0. The van der Waals surface area contributed by atoms with Crippen LogP contribution in [-0.4, -0.2) is 18.5 Å². The molecule has 0 aliphatic rings. The monoisotopic (exact) mass is 321 g/mol. The third-order valence-corrected chi connectivity index (χ3v) is 4.05. The molecule has 0 aliphatic carbocycles. The van der Waals surface area contributed by atoms with Gasteiger partial charge in [-0.3, -0.25) is 14.9 Å². The molecule has 1 aromatic carbocycles. The van der Waals surface area contributed by atoms with E-state index in [1.807, 2.05) is 6.07 Å². The topological polar surface area (TPSA) is 46.2 Å². The Labute approximate surface area is 121 Å². The van der Waals surface area contributed by atoms with Gasteiger partial charge >= 0.3 is 6.18 Å². The summed E-state index contributed by atoms with van der Waals surface area (Å²) >= 11 is 0. The number of rotatable bonds is 6. The van der Waals surface area contributed by atoms with Crippen molar-refractivity contribution in [3.05, 3.63) is 41.3 Å². The van der Waals surface area contributed by atoms with Gasteiger partial charge in [-0.15, -0.1) is 0 Å². The van der Waals surface area contributed by atoms with Gasteiger partial charge < -0.3 is 0 Å². The first-order valence-electron chi connectivity index (χ1n) is 5.31. The van der Waals surface area contributed by atoms with Gasteiger partial charge in [-0.05, 0) is 17.5 Å². The fourth-order valence-electron chi connectivity index (χ4n) is 1.15. The maximum absolute atomic E-state index is 12.3. The standard InChI is InChI=1S/C12H10F3NO2S2/c13-12(14,15)6-9(11(18)16-8-17)7-19-20-10-4-2-1-3-5-10/h1-5,7-8H,6H2,(H,16,17,18)/b9-7+. The fraction of sp³-hybridized carbons (Fsp3) is 0.167. The van der Waals surface area contributed by atoms with Crippen LogP contribution < -0.4 is 5.32 Å². The summed E-state index contributed by atoms with van der Waals surface area (Å²) in [6.07, 6.45) is -5.83. The maximum Gasteiger partial charge on any atom is 0.393 e. The highest BCUT2D eigenvalue weighted by molar-refractivity contribution is 8.77. The Morgan fingerprint density at radius 1 is 1.25 bits per heavy atom. The quantitative estimate of drug-likeness (QED) is 0.494. The van der Waals surface area contributed by atoms with Crippen LogP contribution in [0.2, 0.25) is 0 Å². The van der Waals surface area contributed by atoms with Crippen molar-refractivity contribution < 1.29 is 22.8 Å². The van der Waals surface area contributed by atoms with Crippen molar-refractivity contribution in [1.29, 1.82) is 0 Å². The molecular formula is C12H10F3NO2S2. The van der Waals surface area contributed by atoms with Crippen molar-refractivity contribution in [2.45, 2.75) is 17.5 Å². The summed E-state index contributed by atoms with van der Waals surface area (Å²) in [7, 11) is 2.20. The molecule has 20 heavy (non-hydrogen) atoms. The van der Waals surface area contributed by atoms with Crippen molar-refractivity contribution in [2.24, 2.45) is 0 Å². The van der Waals surface area contributed by atoms with E-state index in [0.29, 0.717) is 0 Å². The van der Waals surface area contributed by atoms with Crippen LogP contribution >= 0.6 is 21.6 Å². The molecule has 0 spiro atoms. The first-order valence-corrected chi connectivity index (χ1v) is 7.52. The molecule has 0 heterocycles. The van der Waals surface area contributed by atoms with E-state index in [9.17, 15) is 22.8 Å². The Bertz CT molecular complexity index is 489. The third-order valence-electron chi connectivity index (χ3n) is 1.95. The largest absolute Gasteiger partial charge is 0.393 e. The number of amides is 2. The van der Waals surface area contributed by atoms with Gasteiger partial charge in [-0.25, -0.2) is 0 Å². The lowest BCUT2D eigenvalue weighted by molar-refractivity contribution is -0.135. The van der Waals surface area contributed by atoms with Gasteiger partial charge in [0.2, 0.25) is 6.41 Å². The van der Waals surface area contributed by atoms with Gasteiger partial charge in [0, 0.05) is 10.5 Å². The van der Waals surface area contributed by atoms with E-state index in [1.165, 1.54) is 10.8 Å². The summed E-state index contributed by atoms with van der Waals surface area (Å²) in [5.41, 5.74) is -0.502. The van der Waals surface area contributed by atoms with Crippen LogP contribution in [0.15, 0.2) is 46.2 Å². The van der Waals surface area contributed by atoms with Crippen LogP contribution in [0.4, 0.5) is 13.2 Å². The molecule has 0 fully saturated rings. The van der Waals surface area contributed by atoms with E-state index in [1.54, 1.807) is 29.6 Å². The Morgan fingerprint density at radius 3 is 2.45 bits per heavy atom. The van der Waals surface area contributed by atoms with Crippen molar-refractivity contribution >= 4 is 33.9 Å². The van der Waals surface area contributed by atoms with Crippen LogP contribution in [0, 0.1) is 0 Å². The number of alkyl halides is 3. The first-order chi connectivity index (χ1) is 9.42. The molecule has 0 atom stereocenters. The second-order valence-corrected chi connectivity index (χ2v) is 5.66. The number of carbonyl (C=O) groups is 2. The van der Waals surface area contributed by atoms with Crippen LogP contribution in [0.5, 0.6) is 0 Å². The predicted molar refractivity (Wildman–Crippen MR) is 72.9 cm³/mol. The molecule has 0 radical (unpaired) electrons. The van der Waals surface area contributed by atoms with Crippen LogP contribution in [0.25, 0.3) is 0 Å². The van der Waals surface area contributed by atoms with Crippen LogP contribution in [0.1, 0.15) is 6.42 Å². The molecule has 0 saturated heterocycles. The van der Waals surface area contributed by atoms with Gasteiger partial charge in [0.25, 0.3) is 5.91 Å². The second kappa shape index (κ2) is 8.01. The summed E-state index contributed by atoms with van der Waals surface area (Å²) in [5, 5.41) is 2.81. The summed E-state index contributed by atoms with van der Waals surface area (Å²) in [6.45, 7) is 0. The Morgan fingerprint density at radius 2 is 1.90 bits per heavy atom. The van der Waals surface area contributed by atoms with Gasteiger partial charge in [-0.1, -0.05) is 39.8 Å². The molecule has 108 valence electrons. The average molecular weight is 321 g/mol. The normalized spacial score (nSPS) is 12.1. The van der Waals surface area contributed by atoms with Crippen molar-refractivity contribution in [1.82, 2.24) is 5.32 Å². The number of imide groups is 1. The lowest BCUT2D eigenvalue weighted by Gasteiger charge is -2.08. The molecule has 1 N–H and O–H groups in total. The fourth-order valence-corrected chi connectivity index (χ4v) is 3.04. The highest BCUT2D eigenvalue weighted by Crippen LogP contribution is 2.34. The lowest BCUT2D eigenvalue weighted by Crippen LogP contribution is -2.25.